The van der Waals surface area contributed by atoms with Crippen molar-refractivity contribution in [3.05, 3.63) is 23.8 Å². The van der Waals surface area contributed by atoms with E-state index in [1.165, 1.54) is 12.5 Å². The van der Waals surface area contributed by atoms with Gasteiger partial charge in [-0.1, -0.05) is 0 Å². The quantitative estimate of drug-likeness (QED) is 0.861. The highest BCUT2D eigenvalue weighted by Gasteiger charge is 2.23. The molecule has 1 fully saturated rings. The van der Waals surface area contributed by atoms with Crippen molar-refractivity contribution in [2.75, 3.05) is 32.8 Å². The Bertz CT molecular complexity index is 515. The lowest BCUT2D eigenvalue weighted by molar-refractivity contribution is 0.0689. The second-order valence-corrected chi connectivity index (χ2v) is 4.65. The minimum atomic E-state index is -1.03. The first-order chi connectivity index (χ1) is 10.1. The van der Waals surface area contributed by atoms with Crippen LogP contribution < -0.4 is 0 Å². The summed E-state index contributed by atoms with van der Waals surface area (Å²) in [6.45, 7) is 5.00. The number of carboxylic acid groups (broad SMARTS) is 1. The first kappa shape index (κ1) is 15.2. The summed E-state index contributed by atoms with van der Waals surface area (Å²) in [5, 5.41) is 9.10. The Hall–Kier alpha value is -2.22. The Morgan fingerprint density at radius 1 is 1.33 bits per heavy atom. The minimum Gasteiger partial charge on any atom is -0.478 e. The molecule has 1 saturated heterocycles. The molecule has 2 rings (SSSR count). The van der Waals surface area contributed by atoms with Crippen molar-refractivity contribution >= 4 is 12.1 Å². The van der Waals surface area contributed by atoms with Gasteiger partial charge in [0.05, 0.1) is 12.3 Å². The molecule has 21 heavy (non-hydrogen) atoms. The molecule has 114 valence electrons. The largest absolute Gasteiger partial charge is 0.478 e. The van der Waals surface area contributed by atoms with Gasteiger partial charge >= 0.3 is 12.1 Å². The van der Waals surface area contributed by atoms with Crippen LogP contribution in [0.1, 0.15) is 23.0 Å². The van der Waals surface area contributed by atoms with Gasteiger partial charge in [-0.25, -0.2) is 19.6 Å². The van der Waals surface area contributed by atoms with E-state index in [0.29, 0.717) is 45.0 Å². The van der Waals surface area contributed by atoms with E-state index < -0.39 is 5.97 Å². The van der Waals surface area contributed by atoms with Gasteiger partial charge in [-0.2, -0.15) is 0 Å². The zero-order valence-electron chi connectivity index (χ0n) is 11.9. The van der Waals surface area contributed by atoms with Gasteiger partial charge in [-0.05, 0) is 6.92 Å². The molecule has 8 heteroatoms. The number of nitrogens with zero attached hydrogens (tertiary/aromatic N) is 4. The SMILES string of the molecule is CCOC(=O)N1CCN(Cc2ncncc2C(=O)O)CC1. The van der Waals surface area contributed by atoms with Crippen LogP contribution in [0.2, 0.25) is 0 Å². The molecule has 1 aliphatic rings. The monoisotopic (exact) mass is 294 g/mol. The van der Waals surface area contributed by atoms with Gasteiger partial charge in [0.2, 0.25) is 0 Å². The van der Waals surface area contributed by atoms with Gasteiger partial charge in [0.1, 0.15) is 11.9 Å². The summed E-state index contributed by atoms with van der Waals surface area (Å²) in [7, 11) is 0. The maximum atomic E-state index is 11.6. The van der Waals surface area contributed by atoms with Crippen molar-refractivity contribution in [1.29, 1.82) is 0 Å². The molecule has 1 amide bonds. The maximum absolute atomic E-state index is 11.6. The Balaban J connectivity index is 1.92. The molecule has 0 atom stereocenters. The molecule has 1 aromatic heterocycles. The summed E-state index contributed by atoms with van der Waals surface area (Å²) in [5.41, 5.74) is 0.604. The van der Waals surface area contributed by atoms with Crippen LogP contribution in [-0.4, -0.2) is 69.7 Å². The van der Waals surface area contributed by atoms with Gasteiger partial charge < -0.3 is 14.7 Å². The standard InChI is InChI=1S/C13H18N4O4/c1-2-21-13(20)17-5-3-16(4-6-17)8-11-10(12(18)19)7-14-9-15-11/h7,9H,2-6,8H2,1H3,(H,18,19). The van der Waals surface area contributed by atoms with Crippen LogP contribution in [0.25, 0.3) is 0 Å². The number of hydrogen-bond donors (Lipinski definition) is 1. The van der Waals surface area contributed by atoms with Crippen LogP contribution in [0, 0.1) is 0 Å². The summed E-state index contributed by atoms with van der Waals surface area (Å²) in [4.78, 5) is 34.2. The molecule has 1 N–H and O–H groups in total. The average molecular weight is 294 g/mol. The van der Waals surface area contributed by atoms with Gasteiger partial charge in [-0.3, -0.25) is 4.90 Å². The van der Waals surface area contributed by atoms with Crippen molar-refractivity contribution < 1.29 is 19.4 Å². The first-order valence-electron chi connectivity index (χ1n) is 6.78. The van der Waals surface area contributed by atoms with Crippen molar-refractivity contribution in [3.8, 4) is 0 Å². The van der Waals surface area contributed by atoms with Crippen molar-refractivity contribution in [2.45, 2.75) is 13.5 Å². The third-order valence-corrected chi connectivity index (χ3v) is 3.30. The highest BCUT2D eigenvalue weighted by Crippen LogP contribution is 2.11. The lowest BCUT2D eigenvalue weighted by atomic mass is 10.2. The zero-order chi connectivity index (χ0) is 15.2. The molecule has 0 saturated carbocycles. The average Bonchev–Trinajstić information content (AvgIpc) is 2.48. The van der Waals surface area contributed by atoms with Gasteiger partial charge in [0.15, 0.2) is 0 Å². The number of carbonyl (C=O) groups is 2. The molecule has 0 unspecified atom stereocenters. The smallest absolute Gasteiger partial charge is 0.409 e. The van der Waals surface area contributed by atoms with E-state index in [9.17, 15) is 9.59 Å². The van der Waals surface area contributed by atoms with Crippen LogP contribution in [-0.2, 0) is 11.3 Å². The van der Waals surface area contributed by atoms with E-state index >= 15 is 0 Å². The van der Waals surface area contributed by atoms with Crippen LogP contribution in [0.3, 0.4) is 0 Å². The van der Waals surface area contributed by atoms with Crippen LogP contribution in [0.5, 0.6) is 0 Å². The molecule has 0 bridgehead atoms. The highest BCUT2D eigenvalue weighted by atomic mass is 16.6. The van der Waals surface area contributed by atoms with E-state index in [-0.39, 0.29) is 11.7 Å². The lowest BCUT2D eigenvalue weighted by Crippen LogP contribution is -2.48. The van der Waals surface area contributed by atoms with Crippen LogP contribution in [0.15, 0.2) is 12.5 Å². The number of piperazine rings is 1. The molecular weight excluding hydrogens is 276 g/mol. The number of rotatable bonds is 4. The predicted octanol–water partition coefficient (Wildman–Crippen LogP) is 0.449. The number of amides is 1. The third kappa shape index (κ3) is 3.88. The molecule has 0 aliphatic carbocycles. The molecule has 0 aromatic carbocycles. The normalized spacial score (nSPS) is 15.8. The van der Waals surface area contributed by atoms with Gasteiger partial charge in [0.25, 0.3) is 0 Å². The Morgan fingerprint density at radius 2 is 2.05 bits per heavy atom. The summed E-state index contributed by atoms with van der Waals surface area (Å²) in [6, 6.07) is 0. The molecule has 1 aromatic rings. The summed E-state index contributed by atoms with van der Waals surface area (Å²) < 4.78 is 4.96. The topological polar surface area (TPSA) is 95.9 Å². The number of aromatic carboxylic acids is 1. The molecule has 1 aliphatic heterocycles. The van der Waals surface area contributed by atoms with Crippen molar-refractivity contribution in [2.24, 2.45) is 0 Å². The van der Waals surface area contributed by atoms with E-state index in [2.05, 4.69) is 14.9 Å². The molecule has 2 heterocycles. The van der Waals surface area contributed by atoms with Crippen molar-refractivity contribution in [3.63, 3.8) is 0 Å². The van der Waals surface area contributed by atoms with Crippen LogP contribution in [0.4, 0.5) is 4.79 Å². The molecular formula is C13H18N4O4. The number of carbonyl (C=O) groups excluding carboxylic acids is 1. The fourth-order valence-electron chi connectivity index (χ4n) is 2.17. The fraction of sp³-hybridized carbons (Fsp3) is 0.538. The summed E-state index contributed by atoms with van der Waals surface area (Å²) in [6.07, 6.45) is 2.35. The number of ether oxygens (including phenoxy) is 1. The highest BCUT2D eigenvalue weighted by molar-refractivity contribution is 5.88. The predicted molar refractivity (Wildman–Crippen MR) is 72.9 cm³/mol. The first-order valence-corrected chi connectivity index (χ1v) is 6.78. The second kappa shape index (κ2) is 6.98. The fourth-order valence-corrected chi connectivity index (χ4v) is 2.17. The van der Waals surface area contributed by atoms with Gasteiger partial charge in [0, 0.05) is 38.9 Å². The Labute approximate surface area is 122 Å². The van der Waals surface area contributed by atoms with Crippen LogP contribution >= 0.6 is 0 Å². The molecule has 0 spiro atoms. The number of hydrogen-bond acceptors (Lipinski definition) is 6. The number of aromatic nitrogens is 2. The number of carboxylic acids is 1. The summed E-state index contributed by atoms with van der Waals surface area (Å²) >= 11 is 0. The second-order valence-electron chi connectivity index (χ2n) is 4.65. The Kier molecular flexibility index (Phi) is 5.04. The third-order valence-electron chi connectivity index (χ3n) is 3.30. The minimum absolute atomic E-state index is 0.116. The summed E-state index contributed by atoms with van der Waals surface area (Å²) in [5.74, 6) is -1.03. The molecule has 0 radical (unpaired) electrons. The van der Waals surface area contributed by atoms with Gasteiger partial charge in [-0.15, -0.1) is 0 Å². The lowest BCUT2D eigenvalue weighted by Gasteiger charge is -2.33. The van der Waals surface area contributed by atoms with Crippen molar-refractivity contribution in [1.82, 2.24) is 19.8 Å². The zero-order valence-corrected chi connectivity index (χ0v) is 11.9. The Morgan fingerprint density at radius 3 is 2.67 bits per heavy atom. The molecule has 8 nitrogen and oxygen atoms in total. The van der Waals surface area contributed by atoms with E-state index in [1.807, 2.05) is 0 Å². The van der Waals surface area contributed by atoms with E-state index in [1.54, 1.807) is 11.8 Å². The van der Waals surface area contributed by atoms with E-state index in [4.69, 9.17) is 9.84 Å². The van der Waals surface area contributed by atoms with E-state index in [0.717, 1.165) is 0 Å². The maximum Gasteiger partial charge on any atom is 0.409 e.